The van der Waals surface area contributed by atoms with E-state index >= 15 is 0 Å². The van der Waals surface area contributed by atoms with Crippen molar-refractivity contribution in [3.05, 3.63) is 0 Å². The summed E-state index contributed by atoms with van der Waals surface area (Å²) in [6.07, 6.45) is 6.30. The average molecular weight is 561 g/mol. The Morgan fingerprint density at radius 1 is 0.950 bits per heavy atom. The second-order valence-electron chi connectivity index (χ2n) is 17.7. The predicted octanol–water partition coefficient (Wildman–Crippen LogP) is 5.50. The van der Waals surface area contributed by atoms with Gasteiger partial charge in [-0.2, -0.15) is 0 Å². The van der Waals surface area contributed by atoms with E-state index in [0.717, 1.165) is 32.1 Å². The van der Waals surface area contributed by atoms with Crippen LogP contribution in [-0.2, 0) is 14.3 Å². The largest absolute Gasteiger partial charge is 0.456 e. The Hall–Kier alpha value is -0.690. The number of carbonyl (C=O) groups is 1. The minimum absolute atomic E-state index is 0.0109. The second-order valence-corrected chi connectivity index (χ2v) is 17.7. The van der Waals surface area contributed by atoms with Gasteiger partial charge in [-0.25, -0.2) is 0 Å². The van der Waals surface area contributed by atoms with Crippen molar-refractivity contribution in [1.82, 2.24) is 0 Å². The van der Waals surface area contributed by atoms with E-state index in [1.165, 1.54) is 12.8 Å². The molecule has 6 nitrogen and oxygen atoms in total. The lowest BCUT2D eigenvalue weighted by Crippen LogP contribution is -2.56. The summed E-state index contributed by atoms with van der Waals surface area (Å²) in [6, 6.07) is 0. The molecular formula is C34H56O6. The van der Waals surface area contributed by atoms with Gasteiger partial charge in [0.15, 0.2) is 6.10 Å². The van der Waals surface area contributed by atoms with Crippen molar-refractivity contribution in [2.75, 3.05) is 0 Å². The fourth-order valence-electron chi connectivity index (χ4n) is 12.0. The SMILES string of the molecule is CC1CC(C(OC(=O)C(C)(C)C)C(C)(C)O)OC2C(O)C3C4CCC5C(C)(C)C(O)CCC56CC46CCC3(C)C12. The van der Waals surface area contributed by atoms with E-state index in [1.807, 2.05) is 20.8 Å². The summed E-state index contributed by atoms with van der Waals surface area (Å²) in [6.45, 7) is 18.2. The highest BCUT2D eigenvalue weighted by Crippen LogP contribution is 2.87. The van der Waals surface area contributed by atoms with Crippen LogP contribution in [0.3, 0.4) is 0 Å². The Morgan fingerprint density at radius 3 is 2.25 bits per heavy atom. The molecule has 0 aromatic heterocycles. The second kappa shape index (κ2) is 8.70. The van der Waals surface area contributed by atoms with Gasteiger partial charge in [0, 0.05) is 0 Å². The molecule has 5 aliphatic carbocycles. The molecule has 6 aliphatic rings. The maximum Gasteiger partial charge on any atom is 0.311 e. The maximum atomic E-state index is 12.9. The molecule has 3 N–H and O–H groups in total. The molecule has 6 rings (SSSR count). The van der Waals surface area contributed by atoms with Crippen molar-refractivity contribution in [2.45, 2.75) is 150 Å². The number of carbonyl (C=O) groups excluding carboxylic acids is 1. The van der Waals surface area contributed by atoms with Crippen LogP contribution < -0.4 is 0 Å². The number of fused-ring (bicyclic) bond motifs is 4. The summed E-state index contributed by atoms with van der Waals surface area (Å²) in [5.74, 6) is 1.45. The van der Waals surface area contributed by atoms with Gasteiger partial charge in [-0.15, -0.1) is 0 Å². The topological polar surface area (TPSA) is 96.2 Å². The Bertz CT molecular complexity index is 1040. The van der Waals surface area contributed by atoms with E-state index < -0.39 is 29.3 Å². The summed E-state index contributed by atoms with van der Waals surface area (Å²) in [7, 11) is 0. The monoisotopic (exact) mass is 560 g/mol. The van der Waals surface area contributed by atoms with Crippen molar-refractivity contribution in [3.8, 4) is 0 Å². The molecule has 2 spiro atoms. The Morgan fingerprint density at radius 2 is 1.62 bits per heavy atom. The molecule has 1 aliphatic heterocycles. The fraction of sp³-hybridized carbons (Fsp3) is 0.971. The van der Waals surface area contributed by atoms with Crippen molar-refractivity contribution in [2.24, 2.45) is 56.7 Å². The molecule has 40 heavy (non-hydrogen) atoms. The lowest BCUT2D eigenvalue weighted by molar-refractivity contribution is -0.221. The highest BCUT2D eigenvalue weighted by molar-refractivity contribution is 5.75. The summed E-state index contributed by atoms with van der Waals surface area (Å²) in [4.78, 5) is 12.9. The molecule has 1 saturated heterocycles. The Labute approximate surface area is 242 Å². The van der Waals surface area contributed by atoms with Crippen LogP contribution in [0.2, 0.25) is 0 Å². The number of hydrogen-bond donors (Lipinski definition) is 3. The van der Waals surface area contributed by atoms with Gasteiger partial charge in [0.1, 0.15) is 0 Å². The van der Waals surface area contributed by atoms with Crippen LogP contribution >= 0.6 is 0 Å². The molecule has 1 heterocycles. The van der Waals surface area contributed by atoms with Crippen LogP contribution in [0.4, 0.5) is 0 Å². The summed E-state index contributed by atoms with van der Waals surface area (Å²) < 4.78 is 12.8. The number of rotatable bonds is 3. The highest BCUT2D eigenvalue weighted by Gasteiger charge is 2.82. The first kappa shape index (κ1) is 29.4. The first-order valence-electron chi connectivity index (χ1n) is 16.3. The van der Waals surface area contributed by atoms with Crippen LogP contribution in [0.5, 0.6) is 0 Å². The van der Waals surface area contributed by atoms with Gasteiger partial charge in [-0.3, -0.25) is 4.79 Å². The zero-order valence-corrected chi connectivity index (χ0v) is 26.5. The van der Waals surface area contributed by atoms with Gasteiger partial charge < -0.3 is 24.8 Å². The average Bonchev–Trinajstić information content (AvgIpc) is 3.44. The third-order valence-electron chi connectivity index (χ3n) is 13.8. The molecule has 228 valence electrons. The first-order valence-corrected chi connectivity index (χ1v) is 16.3. The van der Waals surface area contributed by atoms with E-state index in [1.54, 1.807) is 13.8 Å². The maximum absolute atomic E-state index is 12.9. The van der Waals surface area contributed by atoms with Gasteiger partial charge in [-0.05, 0) is 137 Å². The predicted molar refractivity (Wildman–Crippen MR) is 153 cm³/mol. The van der Waals surface area contributed by atoms with E-state index in [9.17, 15) is 20.1 Å². The van der Waals surface area contributed by atoms with Crippen molar-refractivity contribution >= 4 is 5.97 Å². The standard InChI is InChI=1S/C34H56O6/c1-18-16-20(27(31(7,8)38)40-28(37)29(2,3)4)39-26-23(18)32(9)14-15-33-17-34(33)13-12-22(35)30(5,6)21(34)11-10-19(33)24(32)25(26)36/h18-27,35-36,38H,10-17H2,1-9H3. The molecule has 0 aromatic carbocycles. The van der Waals surface area contributed by atoms with E-state index in [4.69, 9.17) is 9.47 Å². The number of hydrogen-bond acceptors (Lipinski definition) is 6. The van der Waals surface area contributed by atoms with E-state index in [0.29, 0.717) is 29.1 Å². The first-order chi connectivity index (χ1) is 18.3. The normalized spacial score (nSPS) is 51.9. The van der Waals surface area contributed by atoms with Crippen LogP contribution in [0.25, 0.3) is 0 Å². The quantitative estimate of drug-likeness (QED) is 0.395. The molecule has 13 unspecified atom stereocenters. The summed E-state index contributed by atoms with van der Waals surface area (Å²) >= 11 is 0. The third kappa shape index (κ3) is 3.76. The van der Waals surface area contributed by atoms with Gasteiger partial charge in [0.2, 0.25) is 0 Å². The lowest BCUT2D eigenvalue weighted by Gasteiger charge is -2.59. The van der Waals surface area contributed by atoms with Crippen LogP contribution in [0, 0.1) is 56.7 Å². The Kier molecular flexibility index (Phi) is 6.39. The van der Waals surface area contributed by atoms with Crippen LogP contribution in [-0.4, -0.2) is 57.4 Å². The van der Waals surface area contributed by atoms with E-state index in [2.05, 4.69) is 27.7 Å². The highest BCUT2D eigenvalue weighted by atomic mass is 16.6. The van der Waals surface area contributed by atoms with Gasteiger partial charge in [0.25, 0.3) is 0 Å². The van der Waals surface area contributed by atoms with Gasteiger partial charge in [0.05, 0.1) is 35.4 Å². The zero-order valence-electron chi connectivity index (χ0n) is 26.5. The number of esters is 1. The van der Waals surface area contributed by atoms with Crippen LogP contribution in [0.15, 0.2) is 0 Å². The fourth-order valence-corrected chi connectivity index (χ4v) is 12.0. The minimum Gasteiger partial charge on any atom is -0.456 e. The number of ether oxygens (including phenoxy) is 2. The molecular weight excluding hydrogens is 504 g/mol. The van der Waals surface area contributed by atoms with Gasteiger partial charge in [-0.1, -0.05) is 27.7 Å². The molecule has 0 bridgehead atoms. The molecule has 0 aromatic rings. The van der Waals surface area contributed by atoms with Gasteiger partial charge >= 0.3 is 5.97 Å². The summed E-state index contributed by atoms with van der Waals surface area (Å²) in [5.41, 5.74) is -1.35. The third-order valence-corrected chi connectivity index (χ3v) is 13.8. The molecule has 6 heteroatoms. The molecule has 13 atom stereocenters. The molecule has 0 amide bonds. The molecule has 0 radical (unpaired) electrons. The zero-order chi connectivity index (χ0) is 29.4. The Balaban J connectivity index is 1.29. The lowest BCUT2D eigenvalue weighted by atomic mass is 9.46. The van der Waals surface area contributed by atoms with E-state index in [-0.39, 0.29) is 46.8 Å². The van der Waals surface area contributed by atoms with Crippen molar-refractivity contribution < 1.29 is 29.6 Å². The van der Waals surface area contributed by atoms with Crippen molar-refractivity contribution in [3.63, 3.8) is 0 Å². The minimum atomic E-state index is -1.26. The van der Waals surface area contributed by atoms with Crippen LogP contribution in [0.1, 0.15) is 114 Å². The van der Waals surface area contributed by atoms with Crippen molar-refractivity contribution in [1.29, 1.82) is 0 Å². The summed E-state index contributed by atoms with van der Waals surface area (Å²) in [5, 5.41) is 34.2. The molecule has 6 fully saturated rings. The number of aliphatic hydroxyl groups excluding tert-OH is 2. The number of aliphatic hydroxyl groups is 3. The smallest absolute Gasteiger partial charge is 0.311 e. The molecule has 5 saturated carbocycles.